The minimum atomic E-state index is -2.84. The van der Waals surface area contributed by atoms with E-state index in [0.717, 1.165) is 15.7 Å². The molecule has 0 atom stereocenters. The Labute approximate surface area is 122 Å². The monoisotopic (exact) mass is 345 g/mol. The molecule has 0 spiro atoms. The second-order valence-electron chi connectivity index (χ2n) is 3.99. The van der Waals surface area contributed by atoms with Crippen LogP contribution in [0.3, 0.4) is 0 Å². The molecule has 2 aromatic carbocycles. The van der Waals surface area contributed by atoms with Crippen molar-refractivity contribution in [1.82, 2.24) is 0 Å². The topological polar surface area (TPSA) is 21.3 Å². The molecule has 2 aromatic rings. The normalized spacial score (nSPS) is 10.7. The standard InChI is InChI=1S/C14H11BrF3NO/c15-13-6-1-10(16)7-9(13)8-19-11-2-4-12(5-3-11)20-14(17)18/h1-7,14,19H,8H2. The van der Waals surface area contributed by atoms with Crippen molar-refractivity contribution in [1.29, 1.82) is 0 Å². The lowest BCUT2D eigenvalue weighted by molar-refractivity contribution is -0.0498. The number of hydrogen-bond donors (Lipinski definition) is 1. The molecule has 0 saturated carbocycles. The molecule has 0 saturated heterocycles. The van der Waals surface area contributed by atoms with E-state index in [1.54, 1.807) is 18.2 Å². The van der Waals surface area contributed by atoms with Gasteiger partial charge in [-0.2, -0.15) is 8.78 Å². The van der Waals surface area contributed by atoms with Gasteiger partial charge >= 0.3 is 6.61 Å². The number of nitrogens with one attached hydrogen (secondary N) is 1. The van der Waals surface area contributed by atoms with E-state index in [4.69, 9.17) is 0 Å². The highest BCUT2D eigenvalue weighted by atomic mass is 79.9. The molecule has 1 N–H and O–H groups in total. The Morgan fingerprint density at radius 2 is 1.80 bits per heavy atom. The summed E-state index contributed by atoms with van der Waals surface area (Å²) in [4.78, 5) is 0. The van der Waals surface area contributed by atoms with Gasteiger partial charge in [-0.25, -0.2) is 4.39 Å². The van der Waals surface area contributed by atoms with Crippen molar-refractivity contribution in [2.24, 2.45) is 0 Å². The summed E-state index contributed by atoms with van der Waals surface area (Å²) in [5.74, 6) is -0.219. The first kappa shape index (κ1) is 14.7. The molecule has 0 heterocycles. The first-order chi connectivity index (χ1) is 9.54. The Morgan fingerprint density at radius 3 is 2.45 bits per heavy atom. The molecular weight excluding hydrogens is 335 g/mol. The van der Waals surface area contributed by atoms with Gasteiger partial charge in [0.05, 0.1) is 0 Å². The van der Waals surface area contributed by atoms with Crippen molar-refractivity contribution in [3.63, 3.8) is 0 Å². The SMILES string of the molecule is Fc1ccc(Br)c(CNc2ccc(OC(F)F)cc2)c1. The van der Waals surface area contributed by atoms with Gasteiger partial charge in [-0.05, 0) is 48.0 Å². The van der Waals surface area contributed by atoms with E-state index in [9.17, 15) is 13.2 Å². The van der Waals surface area contributed by atoms with E-state index >= 15 is 0 Å². The van der Waals surface area contributed by atoms with Crippen LogP contribution >= 0.6 is 15.9 Å². The number of halogens is 4. The maximum atomic E-state index is 13.1. The number of ether oxygens (including phenoxy) is 1. The predicted molar refractivity (Wildman–Crippen MR) is 74.5 cm³/mol. The molecule has 0 radical (unpaired) electrons. The van der Waals surface area contributed by atoms with Crippen molar-refractivity contribution in [3.8, 4) is 5.75 Å². The smallest absolute Gasteiger partial charge is 0.387 e. The fraction of sp³-hybridized carbons (Fsp3) is 0.143. The van der Waals surface area contributed by atoms with Crippen LogP contribution in [-0.4, -0.2) is 6.61 Å². The molecule has 106 valence electrons. The third kappa shape index (κ3) is 4.16. The highest BCUT2D eigenvalue weighted by Crippen LogP contribution is 2.21. The summed E-state index contributed by atoms with van der Waals surface area (Å²) in [5, 5.41) is 3.07. The number of benzene rings is 2. The molecule has 0 fully saturated rings. The van der Waals surface area contributed by atoms with Crippen LogP contribution in [0.15, 0.2) is 46.9 Å². The molecule has 0 aliphatic heterocycles. The first-order valence-corrected chi connectivity index (χ1v) is 6.56. The molecule has 0 aromatic heterocycles. The van der Waals surface area contributed by atoms with Gasteiger partial charge < -0.3 is 10.1 Å². The van der Waals surface area contributed by atoms with Crippen LogP contribution in [-0.2, 0) is 6.54 Å². The predicted octanol–water partition coefficient (Wildman–Crippen LogP) is 4.80. The largest absolute Gasteiger partial charge is 0.435 e. The molecule has 0 bridgehead atoms. The van der Waals surface area contributed by atoms with Crippen molar-refractivity contribution < 1.29 is 17.9 Å². The molecule has 2 nitrogen and oxygen atoms in total. The van der Waals surface area contributed by atoms with Gasteiger partial charge in [0, 0.05) is 16.7 Å². The summed E-state index contributed by atoms with van der Waals surface area (Å²) < 4.78 is 42.1. The van der Waals surface area contributed by atoms with Gasteiger partial charge in [-0.1, -0.05) is 15.9 Å². The Balaban J connectivity index is 1.98. The Kier molecular flexibility index (Phi) is 4.89. The van der Waals surface area contributed by atoms with Crippen LogP contribution in [0.1, 0.15) is 5.56 Å². The fourth-order valence-corrected chi connectivity index (χ4v) is 2.02. The maximum absolute atomic E-state index is 13.1. The summed E-state index contributed by atoms with van der Waals surface area (Å²) in [7, 11) is 0. The van der Waals surface area contributed by atoms with Crippen molar-refractivity contribution in [3.05, 3.63) is 58.3 Å². The lowest BCUT2D eigenvalue weighted by atomic mass is 10.2. The van der Waals surface area contributed by atoms with Gasteiger partial charge in [-0.3, -0.25) is 0 Å². The number of hydrogen-bond acceptors (Lipinski definition) is 2. The van der Waals surface area contributed by atoms with Crippen LogP contribution in [0.4, 0.5) is 18.9 Å². The molecule has 0 unspecified atom stereocenters. The number of alkyl halides is 2. The lowest BCUT2D eigenvalue weighted by Gasteiger charge is -2.09. The minimum absolute atomic E-state index is 0.0949. The van der Waals surface area contributed by atoms with Gasteiger partial charge in [0.2, 0.25) is 0 Å². The van der Waals surface area contributed by atoms with Crippen LogP contribution in [0, 0.1) is 5.82 Å². The van der Waals surface area contributed by atoms with E-state index in [1.807, 2.05) is 0 Å². The molecule has 0 aliphatic rings. The van der Waals surface area contributed by atoms with E-state index in [0.29, 0.717) is 6.54 Å². The zero-order chi connectivity index (χ0) is 14.5. The zero-order valence-corrected chi connectivity index (χ0v) is 11.8. The summed E-state index contributed by atoms with van der Waals surface area (Å²) >= 11 is 3.33. The number of rotatable bonds is 5. The molecule has 6 heteroatoms. The third-order valence-corrected chi connectivity index (χ3v) is 3.34. The van der Waals surface area contributed by atoms with Gasteiger partial charge in [0.1, 0.15) is 11.6 Å². The average Bonchev–Trinajstić information content (AvgIpc) is 2.41. The van der Waals surface area contributed by atoms with Gasteiger partial charge in [-0.15, -0.1) is 0 Å². The van der Waals surface area contributed by atoms with Crippen LogP contribution in [0.25, 0.3) is 0 Å². The number of anilines is 1. The van der Waals surface area contributed by atoms with E-state index in [2.05, 4.69) is 26.0 Å². The summed E-state index contributed by atoms with van der Waals surface area (Å²) in [5.41, 5.74) is 1.49. The highest BCUT2D eigenvalue weighted by Gasteiger charge is 2.04. The summed E-state index contributed by atoms with van der Waals surface area (Å²) in [6.45, 7) is -2.43. The molecule has 0 amide bonds. The van der Waals surface area contributed by atoms with E-state index in [-0.39, 0.29) is 11.6 Å². The van der Waals surface area contributed by atoms with Gasteiger partial charge in [0.25, 0.3) is 0 Å². The van der Waals surface area contributed by atoms with E-state index < -0.39 is 6.61 Å². The van der Waals surface area contributed by atoms with Crippen LogP contribution < -0.4 is 10.1 Å². The molecule has 20 heavy (non-hydrogen) atoms. The molecular formula is C14H11BrF3NO. The summed E-state index contributed by atoms with van der Waals surface area (Å²) in [6, 6.07) is 10.5. The Bertz CT molecular complexity index is 575. The maximum Gasteiger partial charge on any atom is 0.387 e. The van der Waals surface area contributed by atoms with E-state index in [1.165, 1.54) is 24.3 Å². The first-order valence-electron chi connectivity index (χ1n) is 5.77. The second-order valence-corrected chi connectivity index (χ2v) is 4.85. The molecule has 2 rings (SSSR count). The third-order valence-electron chi connectivity index (χ3n) is 2.57. The van der Waals surface area contributed by atoms with Crippen molar-refractivity contribution in [2.45, 2.75) is 13.2 Å². The van der Waals surface area contributed by atoms with Crippen LogP contribution in [0.2, 0.25) is 0 Å². The van der Waals surface area contributed by atoms with Crippen molar-refractivity contribution >= 4 is 21.6 Å². The van der Waals surface area contributed by atoms with Crippen LogP contribution in [0.5, 0.6) is 5.75 Å². The quantitative estimate of drug-likeness (QED) is 0.840. The Hall–Kier alpha value is -1.69. The average molecular weight is 346 g/mol. The summed E-state index contributed by atoms with van der Waals surface area (Å²) in [6.07, 6.45) is 0. The Morgan fingerprint density at radius 1 is 1.10 bits per heavy atom. The lowest BCUT2D eigenvalue weighted by Crippen LogP contribution is -2.03. The van der Waals surface area contributed by atoms with Gasteiger partial charge in [0.15, 0.2) is 0 Å². The highest BCUT2D eigenvalue weighted by molar-refractivity contribution is 9.10. The second kappa shape index (κ2) is 6.65. The minimum Gasteiger partial charge on any atom is -0.435 e. The van der Waals surface area contributed by atoms with Crippen molar-refractivity contribution in [2.75, 3.05) is 5.32 Å². The molecule has 0 aliphatic carbocycles. The fourth-order valence-electron chi connectivity index (χ4n) is 1.63. The zero-order valence-electron chi connectivity index (χ0n) is 10.2.